The lowest BCUT2D eigenvalue weighted by Gasteiger charge is -2.24. The SMILES string of the molecule is CC(C)(C)OC(=O)C1CC2CCCCC2N1.Cl. The molecule has 1 saturated carbocycles. The summed E-state index contributed by atoms with van der Waals surface area (Å²) >= 11 is 0. The van der Waals surface area contributed by atoms with Crippen LogP contribution >= 0.6 is 12.4 Å². The van der Waals surface area contributed by atoms with Crippen molar-refractivity contribution in [2.45, 2.75) is 70.6 Å². The van der Waals surface area contributed by atoms with Crippen molar-refractivity contribution in [2.24, 2.45) is 5.92 Å². The summed E-state index contributed by atoms with van der Waals surface area (Å²) in [7, 11) is 0. The van der Waals surface area contributed by atoms with Crippen molar-refractivity contribution in [3.63, 3.8) is 0 Å². The molecule has 0 aromatic rings. The van der Waals surface area contributed by atoms with E-state index >= 15 is 0 Å². The number of hydrogen-bond acceptors (Lipinski definition) is 3. The minimum Gasteiger partial charge on any atom is -0.459 e. The fourth-order valence-electron chi connectivity index (χ4n) is 2.88. The first kappa shape index (κ1) is 14.8. The van der Waals surface area contributed by atoms with Crippen molar-refractivity contribution in [3.8, 4) is 0 Å². The van der Waals surface area contributed by atoms with Crippen LogP contribution in [0.2, 0.25) is 0 Å². The molecule has 2 rings (SSSR count). The van der Waals surface area contributed by atoms with Gasteiger partial charge in [0, 0.05) is 6.04 Å². The number of fused-ring (bicyclic) bond motifs is 1. The van der Waals surface area contributed by atoms with Crippen LogP contribution in [0, 0.1) is 5.92 Å². The zero-order valence-corrected chi connectivity index (χ0v) is 11.8. The minimum atomic E-state index is -0.369. The third-order valence-electron chi connectivity index (χ3n) is 3.55. The number of nitrogens with one attached hydrogen (secondary N) is 1. The third-order valence-corrected chi connectivity index (χ3v) is 3.55. The number of esters is 1. The normalized spacial score (nSPS) is 32.5. The van der Waals surface area contributed by atoms with Crippen LogP contribution in [0.25, 0.3) is 0 Å². The fraction of sp³-hybridized carbons (Fsp3) is 0.923. The van der Waals surface area contributed by atoms with E-state index in [1.807, 2.05) is 20.8 Å². The predicted molar refractivity (Wildman–Crippen MR) is 70.4 cm³/mol. The standard InChI is InChI=1S/C13H23NO2.ClH/c1-13(2,3)16-12(15)11-8-9-6-4-5-7-10(9)14-11;/h9-11,14H,4-8H2,1-3H3;1H. The predicted octanol–water partition coefficient (Wildman–Crippen LogP) is 2.67. The fourth-order valence-corrected chi connectivity index (χ4v) is 2.88. The lowest BCUT2D eigenvalue weighted by atomic mass is 9.85. The second kappa shape index (κ2) is 5.57. The summed E-state index contributed by atoms with van der Waals surface area (Å²) < 4.78 is 5.43. The first-order valence-corrected chi connectivity index (χ1v) is 6.44. The molecule has 4 heteroatoms. The first-order chi connectivity index (χ1) is 7.46. The Hall–Kier alpha value is -0.280. The highest BCUT2D eigenvalue weighted by Gasteiger charge is 2.39. The van der Waals surface area contributed by atoms with Crippen LogP contribution in [-0.2, 0) is 9.53 Å². The molecule has 3 atom stereocenters. The Morgan fingerprint density at radius 2 is 1.88 bits per heavy atom. The van der Waals surface area contributed by atoms with Gasteiger partial charge in [-0.05, 0) is 46.0 Å². The molecule has 1 saturated heterocycles. The van der Waals surface area contributed by atoms with Crippen molar-refractivity contribution in [1.29, 1.82) is 0 Å². The molecular weight excluding hydrogens is 238 g/mol. The van der Waals surface area contributed by atoms with Crippen LogP contribution < -0.4 is 5.32 Å². The van der Waals surface area contributed by atoms with Crippen LogP contribution in [0.1, 0.15) is 52.9 Å². The van der Waals surface area contributed by atoms with E-state index in [0.717, 1.165) is 6.42 Å². The van der Waals surface area contributed by atoms with Gasteiger partial charge < -0.3 is 10.1 Å². The molecule has 0 radical (unpaired) electrons. The van der Waals surface area contributed by atoms with E-state index in [1.165, 1.54) is 25.7 Å². The van der Waals surface area contributed by atoms with Gasteiger partial charge in [-0.15, -0.1) is 12.4 Å². The number of hydrogen-bond donors (Lipinski definition) is 1. The zero-order valence-electron chi connectivity index (χ0n) is 11.0. The van der Waals surface area contributed by atoms with Gasteiger partial charge in [-0.3, -0.25) is 4.79 Å². The smallest absolute Gasteiger partial charge is 0.323 e. The number of ether oxygens (including phenoxy) is 1. The molecule has 3 nitrogen and oxygen atoms in total. The van der Waals surface area contributed by atoms with Crippen LogP contribution in [0.4, 0.5) is 0 Å². The topological polar surface area (TPSA) is 38.3 Å². The van der Waals surface area contributed by atoms with Gasteiger partial charge in [-0.1, -0.05) is 12.8 Å². The Bertz CT molecular complexity index is 261. The highest BCUT2D eigenvalue weighted by molar-refractivity contribution is 5.85. The van der Waals surface area contributed by atoms with Gasteiger partial charge in [0.25, 0.3) is 0 Å². The Morgan fingerprint density at radius 3 is 2.47 bits per heavy atom. The average molecular weight is 262 g/mol. The summed E-state index contributed by atoms with van der Waals surface area (Å²) in [5.74, 6) is 0.633. The van der Waals surface area contributed by atoms with E-state index < -0.39 is 0 Å². The Morgan fingerprint density at radius 1 is 1.24 bits per heavy atom. The molecular formula is C13H24ClNO2. The third kappa shape index (κ3) is 3.85. The number of carbonyl (C=O) groups is 1. The molecule has 2 aliphatic rings. The lowest BCUT2D eigenvalue weighted by molar-refractivity contribution is -0.157. The summed E-state index contributed by atoms with van der Waals surface area (Å²) in [6.45, 7) is 5.77. The van der Waals surface area contributed by atoms with Crippen LogP contribution in [0.3, 0.4) is 0 Å². The van der Waals surface area contributed by atoms with Gasteiger partial charge in [-0.25, -0.2) is 0 Å². The average Bonchev–Trinajstić information content (AvgIpc) is 2.58. The van der Waals surface area contributed by atoms with E-state index in [-0.39, 0.29) is 30.0 Å². The lowest BCUT2D eigenvalue weighted by Crippen LogP contribution is -2.40. The second-order valence-electron chi connectivity index (χ2n) is 6.14. The van der Waals surface area contributed by atoms with E-state index in [1.54, 1.807) is 0 Å². The Labute approximate surface area is 110 Å². The quantitative estimate of drug-likeness (QED) is 0.738. The number of halogens is 1. The van der Waals surface area contributed by atoms with E-state index in [0.29, 0.717) is 12.0 Å². The van der Waals surface area contributed by atoms with Crippen molar-refractivity contribution >= 4 is 18.4 Å². The van der Waals surface area contributed by atoms with Gasteiger partial charge in [0.05, 0.1) is 0 Å². The summed E-state index contributed by atoms with van der Waals surface area (Å²) in [5.41, 5.74) is -0.369. The van der Waals surface area contributed by atoms with Crippen molar-refractivity contribution in [1.82, 2.24) is 5.32 Å². The Kier molecular flexibility index (Phi) is 4.85. The molecule has 1 aliphatic heterocycles. The summed E-state index contributed by atoms with van der Waals surface area (Å²) in [6, 6.07) is 0.499. The molecule has 0 bridgehead atoms. The maximum absolute atomic E-state index is 11.9. The molecule has 0 spiro atoms. The molecule has 0 aromatic heterocycles. The van der Waals surface area contributed by atoms with Gasteiger partial charge in [0.15, 0.2) is 0 Å². The first-order valence-electron chi connectivity index (χ1n) is 6.44. The zero-order chi connectivity index (χ0) is 11.8. The molecule has 0 aromatic carbocycles. The Balaban J connectivity index is 0.00000144. The number of carbonyl (C=O) groups excluding carboxylic acids is 1. The van der Waals surface area contributed by atoms with Gasteiger partial charge in [0.1, 0.15) is 11.6 Å². The van der Waals surface area contributed by atoms with Crippen molar-refractivity contribution < 1.29 is 9.53 Å². The van der Waals surface area contributed by atoms with Crippen molar-refractivity contribution in [3.05, 3.63) is 0 Å². The summed E-state index contributed by atoms with van der Waals surface area (Å²) in [6.07, 6.45) is 6.10. The van der Waals surface area contributed by atoms with E-state index in [4.69, 9.17) is 4.74 Å². The molecule has 1 heterocycles. The van der Waals surface area contributed by atoms with Gasteiger partial charge >= 0.3 is 5.97 Å². The molecule has 2 fully saturated rings. The van der Waals surface area contributed by atoms with E-state index in [2.05, 4.69) is 5.32 Å². The van der Waals surface area contributed by atoms with Gasteiger partial charge in [0.2, 0.25) is 0 Å². The molecule has 1 N–H and O–H groups in total. The molecule has 1 aliphatic carbocycles. The van der Waals surface area contributed by atoms with Crippen LogP contribution in [0.5, 0.6) is 0 Å². The maximum Gasteiger partial charge on any atom is 0.323 e. The molecule has 17 heavy (non-hydrogen) atoms. The van der Waals surface area contributed by atoms with Crippen molar-refractivity contribution in [2.75, 3.05) is 0 Å². The monoisotopic (exact) mass is 261 g/mol. The molecule has 0 amide bonds. The van der Waals surface area contributed by atoms with Crippen LogP contribution in [0.15, 0.2) is 0 Å². The summed E-state index contributed by atoms with van der Waals surface area (Å²) in [5, 5.41) is 3.44. The molecule has 100 valence electrons. The minimum absolute atomic E-state index is 0. The number of rotatable bonds is 1. The highest BCUT2D eigenvalue weighted by Crippen LogP contribution is 2.33. The second-order valence-corrected chi connectivity index (χ2v) is 6.14. The van der Waals surface area contributed by atoms with Crippen LogP contribution in [-0.4, -0.2) is 23.7 Å². The largest absolute Gasteiger partial charge is 0.459 e. The maximum atomic E-state index is 11.9. The van der Waals surface area contributed by atoms with E-state index in [9.17, 15) is 4.79 Å². The van der Waals surface area contributed by atoms with Gasteiger partial charge in [-0.2, -0.15) is 0 Å². The molecule has 3 unspecified atom stereocenters. The summed E-state index contributed by atoms with van der Waals surface area (Å²) in [4.78, 5) is 11.9. The highest BCUT2D eigenvalue weighted by atomic mass is 35.5.